The second-order valence-electron chi connectivity index (χ2n) is 5.65. The normalized spacial score (nSPS) is 20.8. The summed E-state index contributed by atoms with van der Waals surface area (Å²) >= 11 is 2.95. The quantitative estimate of drug-likeness (QED) is 0.778. The van der Waals surface area contributed by atoms with Gasteiger partial charge in [0.2, 0.25) is 0 Å². The first-order valence-electron chi connectivity index (χ1n) is 7.62. The van der Waals surface area contributed by atoms with Crippen LogP contribution in [0.4, 0.5) is 0 Å². The summed E-state index contributed by atoms with van der Waals surface area (Å²) in [5, 5.41) is 4.39. The summed E-state index contributed by atoms with van der Waals surface area (Å²) in [6, 6.07) is 3.88. The molecule has 2 aromatic heterocycles. The van der Waals surface area contributed by atoms with Gasteiger partial charge >= 0.3 is 5.97 Å². The lowest BCUT2D eigenvalue weighted by Gasteiger charge is -2.35. The van der Waals surface area contributed by atoms with Crippen LogP contribution in [0.5, 0.6) is 0 Å². The van der Waals surface area contributed by atoms with Crippen molar-refractivity contribution in [3.63, 3.8) is 0 Å². The lowest BCUT2D eigenvalue weighted by molar-refractivity contribution is -0.146. The van der Waals surface area contributed by atoms with E-state index in [4.69, 9.17) is 9.47 Å². The third-order valence-electron chi connectivity index (χ3n) is 3.54. The number of rotatable bonds is 4. The highest BCUT2D eigenvalue weighted by molar-refractivity contribution is 7.20. The zero-order valence-corrected chi connectivity index (χ0v) is 15.1. The van der Waals surface area contributed by atoms with Crippen molar-refractivity contribution in [2.75, 3.05) is 19.7 Å². The van der Waals surface area contributed by atoms with E-state index in [2.05, 4.69) is 4.98 Å². The second-order valence-corrected chi connectivity index (χ2v) is 7.45. The van der Waals surface area contributed by atoms with Crippen LogP contribution in [0.2, 0.25) is 0 Å². The average molecular weight is 366 g/mol. The van der Waals surface area contributed by atoms with Crippen LogP contribution in [0, 0.1) is 0 Å². The number of thiazole rings is 1. The van der Waals surface area contributed by atoms with Crippen LogP contribution in [-0.2, 0) is 14.3 Å². The Morgan fingerprint density at radius 3 is 2.75 bits per heavy atom. The first kappa shape index (κ1) is 17.1. The Kier molecular flexibility index (Phi) is 5.27. The van der Waals surface area contributed by atoms with E-state index in [1.54, 1.807) is 21.6 Å². The van der Waals surface area contributed by atoms with Crippen LogP contribution >= 0.6 is 22.7 Å². The van der Waals surface area contributed by atoms with Gasteiger partial charge in [-0.15, -0.1) is 22.7 Å². The molecule has 1 amide bonds. The number of esters is 1. The van der Waals surface area contributed by atoms with Crippen molar-refractivity contribution in [3.8, 4) is 9.88 Å². The Hall–Kier alpha value is -1.77. The van der Waals surface area contributed by atoms with E-state index in [0.717, 1.165) is 9.88 Å². The molecule has 1 fully saturated rings. The molecule has 8 heteroatoms. The predicted octanol–water partition coefficient (Wildman–Crippen LogP) is 2.66. The summed E-state index contributed by atoms with van der Waals surface area (Å²) in [6.07, 6.45) is -0.0272. The molecule has 2 aromatic rings. The Morgan fingerprint density at radius 1 is 1.33 bits per heavy atom. The first-order valence-corrected chi connectivity index (χ1v) is 9.38. The van der Waals surface area contributed by atoms with E-state index in [0.29, 0.717) is 13.1 Å². The van der Waals surface area contributed by atoms with Gasteiger partial charge in [0.15, 0.2) is 12.3 Å². The van der Waals surface area contributed by atoms with Gasteiger partial charge in [-0.05, 0) is 25.3 Å². The predicted molar refractivity (Wildman–Crippen MR) is 92.3 cm³/mol. The molecule has 128 valence electrons. The number of hydrogen-bond donors (Lipinski definition) is 0. The summed E-state index contributed by atoms with van der Waals surface area (Å²) in [6.45, 7) is 4.59. The number of carbonyl (C=O) groups is 2. The number of carbonyl (C=O) groups excluding carboxylic acids is 2. The van der Waals surface area contributed by atoms with Crippen LogP contribution in [0.25, 0.3) is 9.88 Å². The second kappa shape index (κ2) is 7.42. The monoisotopic (exact) mass is 366 g/mol. The number of ether oxygens (including phenoxy) is 2. The molecule has 1 aliphatic heterocycles. The molecule has 0 bridgehead atoms. The fourth-order valence-corrected chi connectivity index (χ4v) is 4.16. The molecule has 0 saturated carbocycles. The lowest BCUT2D eigenvalue weighted by atomic mass is 10.2. The molecule has 0 spiro atoms. The zero-order chi connectivity index (χ0) is 17.1. The molecule has 3 heterocycles. The van der Waals surface area contributed by atoms with Crippen molar-refractivity contribution in [1.29, 1.82) is 0 Å². The Labute approximate surface area is 148 Å². The van der Waals surface area contributed by atoms with Crippen LogP contribution in [0.3, 0.4) is 0 Å². The smallest absolute Gasteiger partial charge is 0.358 e. The van der Waals surface area contributed by atoms with E-state index in [9.17, 15) is 9.59 Å². The van der Waals surface area contributed by atoms with E-state index >= 15 is 0 Å². The maximum atomic E-state index is 12.2. The van der Waals surface area contributed by atoms with Gasteiger partial charge in [0, 0.05) is 18.5 Å². The molecule has 24 heavy (non-hydrogen) atoms. The summed E-state index contributed by atoms with van der Waals surface area (Å²) in [5.41, 5.74) is 0.236. The topological polar surface area (TPSA) is 68.7 Å². The largest absolute Gasteiger partial charge is 0.451 e. The zero-order valence-electron chi connectivity index (χ0n) is 13.4. The Balaban J connectivity index is 1.54. The summed E-state index contributed by atoms with van der Waals surface area (Å²) in [7, 11) is 0. The van der Waals surface area contributed by atoms with E-state index in [1.165, 1.54) is 11.3 Å². The molecular formula is C16H18N2O4S2. The lowest BCUT2D eigenvalue weighted by Crippen LogP contribution is -2.49. The van der Waals surface area contributed by atoms with Crippen molar-refractivity contribution in [1.82, 2.24) is 9.88 Å². The first-order chi connectivity index (χ1) is 11.5. The van der Waals surface area contributed by atoms with Gasteiger partial charge in [0.1, 0.15) is 5.01 Å². The van der Waals surface area contributed by atoms with Crippen molar-refractivity contribution in [2.45, 2.75) is 26.1 Å². The molecule has 6 nitrogen and oxygen atoms in total. The molecule has 2 atom stereocenters. The maximum Gasteiger partial charge on any atom is 0.358 e. The number of amides is 1. The third kappa shape index (κ3) is 4.00. The number of morpholine rings is 1. The van der Waals surface area contributed by atoms with Gasteiger partial charge < -0.3 is 14.4 Å². The van der Waals surface area contributed by atoms with Crippen molar-refractivity contribution >= 4 is 34.6 Å². The molecule has 0 aliphatic carbocycles. The van der Waals surface area contributed by atoms with Gasteiger partial charge in [-0.1, -0.05) is 6.07 Å². The van der Waals surface area contributed by atoms with Gasteiger partial charge in [-0.2, -0.15) is 0 Å². The molecular weight excluding hydrogens is 348 g/mol. The Bertz CT molecular complexity index is 703. The maximum absolute atomic E-state index is 12.2. The van der Waals surface area contributed by atoms with Crippen LogP contribution < -0.4 is 0 Å². The van der Waals surface area contributed by atoms with Crippen LogP contribution in [0.15, 0.2) is 22.9 Å². The highest BCUT2D eigenvalue weighted by Crippen LogP contribution is 2.27. The highest BCUT2D eigenvalue weighted by atomic mass is 32.1. The van der Waals surface area contributed by atoms with Crippen LogP contribution in [-0.4, -0.2) is 53.7 Å². The number of thiophene rings is 1. The molecule has 1 aliphatic rings. The standard InChI is InChI=1S/C16H18N2O4S2/c1-10-6-18(7-11(2)22-10)14(19)8-21-16(20)12-9-24-15(17-12)13-4-3-5-23-13/h3-5,9-11H,6-8H2,1-2H3/t10-,11-/m0/s1. The minimum absolute atomic E-state index is 0.0136. The van der Waals surface area contributed by atoms with Gasteiger partial charge in [0.25, 0.3) is 5.91 Å². The van der Waals surface area contributed by atoms with Crippen LogP contribution in [0.1, 0.15) is 24.3 Å². The third-order valence-corrected chi connectivity index (χ3v) is 5.43. The fourth-order valence-electron chi connectivity index (χ4n) is 2.55. The van der Waals surface area contributed by atoms with Gasteiger partial charge in [-0.3, -0.25) is 4.79 Å². The van der Waals surface area contributed by atoms with Gasteiger partial charge in [-0.25, -0.2) is 9.78 Å². The fraction of sp³-hybridized carbons (Fsp3) is 0.438. The van der Waals surface area contributed by atoms with Crippen molar-refractivity contribution in [2.24, 2.45) is 0 Å². The molecule has 0 N–H and O–H groups in total. The van der Waals surface area contributed by atoms with E-state index < -0.39 is 5.97 Å². The SMILES string of the molecule is C[C@H]1CN(C(=O)COC(=O)c2csc(-c3cccs3)n2)C[C@H](C)O1. The average Bonchev–Trinajstić information content (AvgIpc) is 3.21. The minimum Gasteiger partial charge on any atom is -0.451 e. The highest BCUT2D eigenvalue weighted by Gasteiger charge is 2.26. The minimum atomic E-state index is -0.572. The summed E-state index contributed by atoms with van der Waals surface area (Å²) in [4.78, 5) is 31.2. The Morgan fingerprint density at radius 2 is 2.08 bits per heavy atom. The summed E-state index contributed by atoms with van der Waals surface area (Å²) < 4.78 is 10.7. The number of nitrogens with zero attached hydrogens (tertiary/aromatic N) is 2. The molecule has 0 radical (unpaired) electrons. The molecule has 0 aromatic carbocycles. The van der Waals surface area contributed by atoms with Gasteiger partial charge in [0.05, 0.1) is 17.1 Å². The summed E-state index contributed by atoms with van der Waals surface area (Å²) in [5.74, 6) is -0.782. The van der Waals surface area contributed by atoms with Crippen molar-refractivity contribution in [3.05, 3.63) is 28.6 Å². The van der Waals surface area contributed by atoms with E-state index in [1.807, 2.05) is 31.4 Å². The number of aromatic nitrogens is 1. The van der Waals surface area contributed by atoms with Crippen molar-refractivity contribution < 1.29 is 19.1 Å². The molecule has 0 unspecified atom stereocenters. The molecule has 3 rings (SSSR count). The van der Waals surface area contributed by atoms with E-state index in [-0.39, 0.29) is 30.4 Å². The number of hydrogen-bond acceptors (Lipinski definition) is 7. The molecule has 1 saturated heterocycles.